The molecule has 0 bridgehead atoms. The van der Waals surface area contributed by atoms with E-state index in [0.717, 1.165) is 0 Å². The summed E-state index contributed by atoms with van der Waals surface area (Å²) in [5.41, 5.74) is 1.38. The quantitative estimate of drug-likeness (QED) is 0.816. The Kier molecular flexibility index (Phi) is 3.62. The van der Waals surface area contributed by atoms with Crippen LogP contribution in [0.1, 0.15) is 21.5 Å². The number of benzene rings is 1. The lowest BCUT2D eigenvalue weighted by Crippen LogP contribution is -2.37. The molecular weight excluding hydrogens is 270 g/mol. The highest BCUT2D eigenvalue weighted by molar-refractivity contribution is 7.89. The molecule has 6 nitrogen and oxygen atoms in total. The van der Waals surface area contributed by atoms with Crippen molar-refractivity contribution in [2.45, 2.75) is 24.8 Å². The number of carbonyl (C=O) groups excluding carboxylic acids is 1. The molecule has 19 heavy (non-hydrogen) atoms. The molecule has 1 aliphatic rings. The maximum Gasteiger partial charge on any atom is 0.338 e. The van der Waals surface area contributed by atoms with Crippen molar-refractivity contribution >= 4 is 16.0 Å². The summed E-state index contributed by atoms with van der Waals surface area (Å²) in [5.74, 6) is -0.568. The number of nitrogens with two attached hydrogens (primary N) is 1. The molecule has 0 aromatic heterocycles. The lowest BCUT2D eigenvalue weighted by molar-refractivity contribution is -0.103. The van der Waals surface area contributed by atoms with Crippen molar-refractivity contribution in [3.05, 3.63) is 28.8 Å². The van der Waals surface area contributed by atoms with E-state index in [1.165, 1.54) is 6.07 Å². The maximum atomic E-state index is 11.9. The number of ether oxygens (including phenoxy) is 2. The zero-order valence-electron chi connectivity index (χ0n) is 10.7. The van der Waals surface area contributed by atoms with E-state index in [1.807, 2.05) is 0 Å². The molecule has 1 fully saturated rings. The highest BCUT2D eigenvalue weighted by Crippen LogP contribution is 2.21. The van der Waals surface area contributed by atoms with E-state index in [-0.39, 0.29) is 16.6 Å². The van der Waals surface area contributed by atoms with Crippen molar-refractivity contribution in [2.75, 3.05) is 13.2 Å². The first kappa shape index (κ1) is 14.0. The summed E-state index contributed by atoms with van der Waals surface area (Å²) in [5, 5.41) is 5.13. The molecule has 0 atom stereocenters. The predicted molar refractivity (Wildman–Crippen MR) is 67.3 cm³/mol. The number of carbonyl (C=O) groups is 1. The fourth-order valence-corrected chi connectivity index (χ4v) is 2.62. The molecule has 2 rings (SSSR count). The molecular formula is C12H15NO5S. The van der Waals surface area contributed by atoms with E-state index in [0.29, 0.717) is 24.3 Å². The Morgan fingerprint density at radius 2 is 2.00 bits per heavy atom. The lowest BCUT2D eigenvalue weighted by atomic mass is 10.1. The van der Waals surface area contributed by atoms with Gasteiger partial charge in [-0.15, -0.1) is 0 Å². The first-order valence-electron chi connectivity index (χ1n) is 5.72. The van der Waals surface area contributed by atoms with Crippen LogP contribution < -0.4 is 5.14 Å². The normalized spacial score (nSPS) is 15.9. The van der Waals surface area contributed by atoms with Gasteiger partial charge in [-0.1, -0.05) is 0 Å². The lowest BCUT2D eigenvalue weighted by Gasteiger charge is -2.25. The Balaban J connectivity index is 2.36. The van der Waals surface area contributed by atoms with Gasteiger partial charge in [-0.05, 0) is 37.1 Å². The van der Waals surface area contributed by atoms with E-state index < -0.39 is 16.0 Å². The van der Waals surface area contributed by atoms with Crippen LogP contribution in [0.2, 0.25) is 0 Å². The van der Waals surface area contributed by atoms with Crippen molar-refractivity contribution in [3.8, 4) is 0 Å². The van der Waals surface area contributed by atoms with Gasteiger partial charge >= 0.3 is 5.97 Å². The SMILES string of the molecule is Cc1cc(C(=O)OC2COC2)cc(S(N)(=O)=O)c1C. The van der Waals surface area contributed by atoms with Crippen LogP contribution in [0.3, 0.4) is 0 Å². The van der Waals surface area contributed by atoms with E-state index in [2.05, 4.69) is 0 Å². The van der Waals surface area contributed by atoms with Crippen molar-refractivity contribution in [3.63, 3.8) is 0 Å². The third-order valence-corrected chi connectivity index (χ3v) is 4.08. The summed E-state index contributed by atoms with van der Waals surface area (Å²) >= 11 is 0. The summed E-state index contributed by atoms with van der Waals surface area (Å²) in [6, 6.07) is 2.84. The van der Waals surface area contributed by atoms with Crippen molar-refractivity contribution in [1.29, 1.82) is 0 Å². The van der Waals surface area contributed by atoms with Crippen LogP contribution in [0.15, 0.2) is 17.0 Å². The molecule has 1 aromatic rings. The van der Waals surface area contributed by atoms with Gasteiger partial charge in [0.2, 0.25) is 10.0 Å². The van der Waals surface area contributed by atoms with Crippen LogP contribution in [0.5, 0.6) is 0 Å². The highest BCUT2D eigenvalue weighted by Gasteiger charge is 2.25. The van der Waals surface area contributed by atoms with Gasteiger partial charge in [-0.25, -0.2) is 18.4 Å². The summed E-state index contributed by atoms with van der Waals surface area (Å²) < 4.78 is 33.0. The largest absolute Gasteiger partial charge is 0.454 e. The number of rotatable bonds is 3. The van der Waals surface area contributed by atoms with Crippen molar-refractivity contribution in [1.82, 2.24) is 0 Å². The number of hydrogen-bond acceptors (Lipinski definition) is 5. The molecule has 1 aromatic carbocycles. The fraction of sp³-hybridized carbons (Fsp3) is 0.417. The Morgan fingerprint density at radius 3 is 2.47 bits per heavy atom. The monoisotopic (exact) mass is 285 g/mol. The van der Waals surface area contributed by atoms with Crippen LogP contribution >= 0.6 is 0 Å². The molecule has 0 aliphatic carbocycles. The molecule has 0 unspecified atom stereocenters. The molecule has 0 spiro atoms. The molecule has 1 aliphatic heterocycles. The van der Waals surface area contributed by atoms with Gasteiger partial charge in [-0.3, -0.25) is 0 Å². The number of esters is 1. The van der Waals surface area contributed by atoms with Crippen LogP contribution in [-0.2, 0) is 19.5 Å². The predicted octanol–water partition coefficient (Wildman–Crippen LogP) is 0.506. The second kappa shape index (κ2) is 4.92. The number of sulfonamides is 1. The topological polar surface area (TPSA) is 95.7 Å². The third kappa shape index (κ3) is 2.94. The minimum absolute atomic E-state index is 0.0516. The Hall–Kier alpha value is -1.44. The van der Waals surface area contributed by atoms with Gasteiger partial charge in [0.1, 0.15) is 6.10 Å². The van der Waals surface area contributed by atoms with Crippen molar-refractivity contribution < 1.29 is 22.7 Å². The number of hydrogen-bond donors (Lipinski definition) is 1. The summed E-state index contributed by atoms with van der Waals surface area (Å²) in [6.45, 7) is 4.11. The zero-order valence-corrected chi connectivity index (χ0v) is 11.5. The second-order valence-electron chi connectivity index (χ2n) is 4.53. The van der Waals surface area contributed by atoms with Gasteiger partial charge in [0.05, 0.1) is 23.7 Å². The summed E-state index contributed by atoms with van der Waals surface area (Å²) in [7, 11) is -3.86. The molecule has 1 saturated heterocycles. The van der Waals surface area contributed by atoms with Crippen LogP contribution in [0.4, 0.5) is 0 Å². The average molecular weight is 285 g/mol. The first-order valence-corrected chi connectivity index (χ1v) is 7.26. The Labute approximate surface area is 111 Å². The minimum Gasteiger partial charge on any atom is -0.454 e. The smallest absolute Gasteiger partial charge is 0.338 e. The van der Waals surface area contributed by atoms with E-state index in [9.17, 15) is 13.2 Å². The summed E-state index contributed by atoms with van der Waals surface area (Å²) in [6.07, 6.45) is -0.257. The van der Waals surface area contributed by atoms with Gasteiger partial charge in [-0.2, -0.15) is 0 Å². The molecule has 104 valence electrons. The number of primary sulfonamides is 1. The second-order valence-corrected chi connectivity index (χ2v) is 6.06. The van der Waals surface area contributed by atoms with Crippen LogP contribution in [0, 0.1) is 13.8 Å². The van der Waals surface area contributed by atoms with Crippen LogP contribution in [-0.4, -0.2) is 33.7 Å². The van der Waals surface area contributed by atoms with Gasteiger partial charge in [0, 0.05) is 0 Å². The fourth-order valence-electron chi connectivity index (χ4n) is 1.74. The van der Waals surface area contributed by atoms with Crippen LogP contribution in [0.25, 0.3) is 0 Å². The summed E-state index contributed by atoms with van der Waals surface area (Å²) in [4.78, 5) is 11.8. The highest BCUT2D eigenvalue weighted by atomic mass is 32.2. The Bertz CT molecular complexity index is 619. The molecule has 0 saturated carbocycles. The third-order valence-electron chi connectivity index (χ3n) is 3.04. The first-order chi connectivity index (χ1) is 8.79. The minimum atomic E-state index is -3.86. The maximum absolute atomic E-state index is 11.9. The van der Waals surface area contributed by atoms with E-state index in [4.69, 9.17) is 14.6 Å². The number of aryl methyl sites for hydroxylation is 1. The molecule has 0 amide bonds. The van der Waals surface area contributed by atoms with Gasteiger partial charge < -0.3 is 9.47 Å². The van der Waals surface area contributed by atoms with E-state index in [1.54, 1.807) is 19.9 Å². The molecule has 0 radical (unpaired) electrons. The van der Waals surface area contributed by atoms with Gasteiger partial charge in [0.25, 0.3) is 0 Å². The Morgan fingerprint density at radius 1 is 1.37 bits per heavy atom. The van der Waals surface area contributed by atoms with Crippen molar-refractivity contribution in [2.24, 2.45) is 5.14 Å². The molecule has 2 N–H and O–H groups in total. The zero-order chi connectivity index (χ0) is 14.2. The average Bonchev–Trinajstić information content (AvgIpc) is 2.25. The van der Waals surface area contributed by atoms with E-state index >= 15 is 0 Å². The molecule has 1 heterocycles. The van der Waals surface area contributed by atoms with Gasteiger partial charge in [0.15, 0.2) is 0 Å². The standard InChI is InChI=1S/C12H15NO5S/c1-7-3-9(12(14)18-10-5-17-6-10)4-11(8(7)2)19(13,15)16/h3-4,10H,5-6H2,1-2H3,(H2,13,15,16). The molecule has 7 heteroatoms.